The number of halogens is 1. The van der Waals surface area contributed by atoms with E-state index in [1.54, 1.807) is 0 Å². The molecular weight excluding hydrogens is 232 g/mol. The van der Waals surface area contributed by atoms with Gasteiger partial charge in [0, 0.05) is 36.7 Å². The Balaban J connectivity index is 1.78. The minimum Gasteiger partial charge on any atom is -0.371 e. The predicted molar refractivity (Wildman–Crippen MR) is 71.5 cm³/mol. The highest BCUT2D eigenvalue weighted by Crippen LogP contribution is 2.36. The molecule has 0 spiro atoms. The van der Waals surface area contributed by atoms with Crippen LogP contribution in [0, 0.1) is 11.8 Å². The maximum absolute atomic E-state index is 6.01. The number of anilines is 1. The quantitative estimate of drug-likeness (QED) is 0.719. The van der Waals surface area contributed by atoms with Gasteiger partial charge in [-0.3, -0.25) is 4.98 Å². The summed E-state index contributed by atoms with van der Waals surface area (Å²) in [5.74, 6) is 2.41. The summed E-state index contributed by atoms with van der Waals surface area (Å²) in [7, 11) is 0. The molecule has 1 heterocycles. The van der Waals surface area contributed by atoms with Crippen LogP contribution in [0.4, 0.5) is 5.69 Å². The first-order valence-electron chi connectivity index (χ1n) is 6.60. The highest BCUT2D eigenvalue weighted by molar-refractivity contribution is 6.17. The van der Waals surface area contributed by atoms with Gasteiger partial charge in [0.1, 0.15) is 0 Å². The summed E-state index contributed by atoms with van der Waals surface area (Å²) in [6.07, 6.45) is 9.42. The van der Waals surface area contributed by atoms with Crippen LogP contribution < -0.4 is 4.90 Å². The van der Waals surface area contributed by atoms with Gasteiger partial charge in [-0.25, -0.2) is 0 Å². The van der Waals surface area contributed by atoms with Crippen molar-refractivity contribution in [2.45, 2.75) is 31.6 Å². The van der Waals surface area contributed by atoms with E-state index in [4.69, 9.17) is 11.6 Å². The van der Waals surface area contributed by atoms with Gasteiger partial charge < -0.3 is 4.90 Å². The molecule has 2 aliphatic rings. The van der Waals surface area contributed by atoms with Gasteiger partial charge in [0.25, 0.3) is 0 Å². The van der Waals surface area contributed by atoms with Crippen molar-refractivity contribution in [1.29, 1.82) is 0 Å². The molecule has 2 saturated carbocycles. The average Bonchev–Trinajstić information content (AvgIpc) is 3.23. The molecule has 1 aromatic heterocycles. The lowest BCUT2D eigenvalue weighted by Crippen LogP contribution is -2.29. The van der Waals surface area contributed by atoms with Crippen LogP contribution in [-0.2, 0) is 5.88 Å². The Kier molecular flexibility index (Phi) is 3.24. The predicted octanol–water partition coefficient (Wildman–Crippen LogP) is 3.45. The van der Waals surface area contributed by atoms with Crippen molar-refractivity contribution in [2.75, 3.05) is 18.0 Å². The van der Waals surface area contributed by atoms with Crippen LogP contribution in [0.25, 0.3) is 0 Å². The summed E-state index contributed by atoms with van der Waals surface area (Å²) >= 11 is 6.01. The first kappa shape index (κ1) is 11.3. The maximum Gasteiger partial charge on any atom is 0.0509 e. The van der Waals surface area contributed by atoms with E-state index in [2.05, 4.69) is 16.0 Å². The number of hydrogen-bond acceptors (Lipinski definition) is 2. The van der Waals surface area contributed by atoms with Gasteiger partial charge in [0.05, 0.1) is 5.88 Å². The van der Waals surface area contributed by atoms with Crippen LogP contribution in [0.1, 0.15) is 31.2 Å². The minimum absolute atomic E-state index is 0.564. The van der Waals surface area contributed by atoms with Crippen molar-refractivity contribution in [3.63, 3.8) is 0 Å². The summed E-state index contributed by atoms with van der Waals surface area (Å²) in [5.41, 5.74) is 2.49. The Bertz CT molecular complexity index is 372. The standard InChI is InChI=1S/C14H19ClN2/c15-7-13-8-16-6-5-14(13)17(9-11-1-2-11)10-12-3-4-12/h5-6,8,11-12H,1-4,7,9-10H2. The van der Waals surface area contributed by atoms with Crippen molar-refractivity contribution in [2.24, 2.45) is 11.8 Å². The number of hydrogen-bond donors (Lipinski definition) is 0. The zero-order chi connectivity index (χ0) is 11.7. The third-order valence-corrected chi connectivity index (χ3v) is 4.00. The molecule has 0 saturated heterocycles. The molecule has 0 aromatic carbocycles. The molecule has 0 atom stereocenters. The molecule has 0 unspecified atom stereocenters. The number of alkyl halides is 1. The zero-order valence-corrected chi connectivity index (χ0v) is 10.9. The third kappa shape index (κ3) is 2.92. The molecular formula is C14H19ClN2. The fraction of sp³-hybridized carbons (Fsp3) is 0.643. The van der Waals surface area contributed by atoms with Gasteiger partial charge in [-0.2, -0.15) is 0 Å². The summed E-state index contributed by atoms with van der Waals surface area (Å²) < 4.78 is 0. The van der Waals surface area contributed by atoms with Crippen molar-refractivity contribution >= 4 is 17.3 Å². The molecule has 2 nitrogen and oxygen atoms in total. The molecule has 0 amide bonds. The highest BCUT2D eigenvalue weighted by Gasteiger charge is 2.29. The average molecular weight is 251 g/mol. The lowest BCUT2D eigenvalue weighted by atomic mass is 10.2. The highest BCUT2D eigenvalue weighted by atomic mass is 35.5. The monoisotopic (exact) mass is 250 g/mol. The first-order chi connectivity index (χ1) is 8.36. The van der Waals surface area contributed by atoms with Crippen molar-refractivity contribution < 1.29 is 0 Å². The number of pyridine rings is 1. The van der Waals surface area contributed by atoms with Crippen LogP contribution in [0.5, 0.6) is 0 Å². The lowest BCUT2D eigenvalue weighted by molar-refractivity contribution is 0.677. The van der Waals surface area contributed by atoms with Crippen molar-refractivity contribution in [1.82, 2.24) is 4.98 Å². The second-order valence-corrected chi connectivity index (χ2v) is 5.70. The number of rotatable bonds is 6. The number of aromatic nitrogens is 1. The van der Waals surface area contributed by atoms with Gasteiger partial charge in [0.15, 0.2) is 0 Å². The van der Waals surface area contributed by atoms with Gasteiger partial charge in [-0.15, -0.1) is 11.6 Å². The first-order valence-corrected chi connectivity index (χ1v) is 7.14. The Hall–Kier alpha value is -0.760. The largest absolute Gasteiger partial charge is 0.371 e. The molecule has 3 rings (SSSR count). The molecule has 1 aromatic rings. The Morgan fingerprint density at radius 3 is 2.35 bits per heavy atom. The van der Waals surface area contributed by atoms with Crippen molar-refractivity contribution in [3.8, 4) is 0 Å². The molecule has 92 valence electrons. The van der Waals surface area contributed by atoms with E-state index in [0.29, 0.717) is 5.88 Å². The van der Waals surface area contributed by atoms with Crippen LogP contribution in [0.3, 0.4) is 0 Å². The van der Waals surface area contributed by atoms with Gasteiger partial charge in [-0.1, -0.05) is 0 Å². The summed E-state index contributed by atoms with van der Waals surface area (Å²) in [6, 6.07) is 2.13. The zero-order valence-electron chi connectivity index (χ0n) is 10.1. The van der Waals surface area contributed by atoms with E-state index < -0.39 is 0 Å². The third-order valence-electron chi connectivity index (χ3n) is 3.71. The molecule has 2 aliphatic carbocycles. The topological polar surface area (TPSA) is 16.1 Å². The van der Waals surface area contributed by atoms with Crippen LogP contribution >= 0.6 is 11.6 Å². The van der Waals surface area contributed by atoms with Crippen LogP contribution in [0.15, 0.2) is 18.5 Å². The van der Waals surface area contributed by atoms with Crippen LogP contribution in [-0.4, -0.2) is 18.1 Å². The smallest absolute Gasteiger partial charge is 0.0509 e. The molecule has 0 radical (unpaired) electrons. The molecule has 0 aliphatic heterocycles. The summed E-state index contributed by atoms with van der Waals surface area (Å²) in [6.45, 7) is 2.43. The molecule has 17 heavy (non-hydrogen) atoms. The molecule has 0 N–H and O–H groups in total. The Morgan fingerprint density at radius 1 is 1.18 bits per heavy atom. The maximum atomic E-state index is 6.01. The van der Waals surface area contributed by atoms with E-state index in [-0.39, 0.29) is 0 Å². The fourth-order valence-electron chi connectivity index (χ4n) is 2.33. The SMILES string of the molecule is ClCc1cnccc1N(CC1CC1)CC1CC1. The fourth-order valence-corrected chi connectivity index (χ4v) is 2.53. The lowest BCUT2D eigenvalue weighted by Gasteiger charge is -2.26. The van der Waals surface area contributed by atoms with E-state index in [9.17, 15) is 0 Å². The summed E-state index contributed by atoms with van der Waals surface area (Å²) in [5, 5.41) is 0. The van der Waals surface area contributed by atoms with Gasteiger partial charge >= 0.3 is 0 Å². The number of nitrogens with zero attached hydrogens (tertiary/aromatic N) is 2. The van der Waals surface area contributed by atoms with E-state index in [0.717, 1.165) is 11.8 Å². The molecule has 3 heteroatoms. The van der Waals surface area contributed by atoms with E-state index >= 15 is 0 Å². The van der Waals surface area contributed by atoms with Gasteiger partial charge in [0.2, 0.25) is 0 Å². The molecule has 0 bridgehead atoms. The summed E-state index contributed by atoms with van der Waals surface area (Å²) in [4.78, 5) is 6.73. The second-order valence-electron chi connectivity index (χ2n) is 5.43. The second kappa shape index (κ2) is 4.85. The van der Waals surface area contributed by atoms with Crippen molar-refractivity contribution in [3.05, 3.63) is 24.0 Å². The van der Waals surface area contributed by atoms with Crippen LogP contribution in [0.2, 0.25) is 0 Å². The Labute approximate surface area is 108 Å². The normalized spacial score (nSPS) is 19.4. The van der Waals surface area contributed by atoms with E-state index in [1.165, 1.54) is 50.0 Å². The minimum atomic E-state index is 0.564. The van der Waals surface area contributed by atoms with E-state index in [1.807, 2.05) is 12.4 Å². The Morgan fingerprint density at radius 2 is 1.82 bits per heavy atom. The van der Waals surface area contributed by atoms with Gasteiger partial charge in [-0.05, 0) is 43.6 Å². The molecule has 2 fully saturated rings.